The molecule has 2 bridgehead atoms. The van der Waals surface area contributed by atoms with Crippen molar-refractivity contribution in [2.24, 2.45) is 11.8 Å². The van der Waals surface area contributed by atoms with E-state index in [0.29, 0.717) is 10.7 Å². The van der Waals surface area contributed by atoms with Crippen molar-refractivity contribution in [1.82, 2.24) is 0 Å². The maximum Gasteiger partial charge on any atom is 0.305 e. The van der Waals surface area contributed by atoms with Gasteiger partial charge in [0.25, 0.3) is 6.29 Å². The molecule has 0 N–H and O–H groups in total. The molecular weight excluding hydrogens is 390 g/mol. The molecule has 3 aliphatic rings. The number of carbonyl (C=O) groups is 4. The number of benzene rings is 1. The Bertz CT molecular complexity index is 913. The van der Waals surface area contributed by atoms with Crippen LogP contribution in [0.5, 0.6) is 0 Å². The van der Waals surface area contributed by atoms with Crippen molar-refractivity contribution < 1.29 is 33.4 Å². The summed E-state index contributed by atoms with van der Waals surface area (Å²) in [4.78, 5) is 50.5. The lowest BCUT2D eigenvalue weighted by molar-refractivity contribution is -0.226. The van der Waals surface area contributed by atoms with E-state index >= 15 is 0 Å². The average molecular weight is 406 g/mol. The van der Waals surface area contributed by atoms with E-state index in [0.717, 1.165) is 18.7 Å². The molecule has 0 saturated carbocycles. The highest BCUT2D eigenvalue weighted by Crippen LogP contribution is 2.54. The summed E-state index contributed by atoms with van der Waals surface area (Å²) < 4.78 is 16.2. The second-order valence-corrected chi connectivity index (χ2v) is 7.28. The molecule has 0 aliphatic carbocycles. The molecule has 0 unspecified atom stereocenters. The Labute approximate surface area is 165 Å². The maximum atomic E-state index is 13.2. The molecule has 1 aromatic carbocycles. The van der Waals surface area contributed by atoms with E-state index in [9.17, 15) is 19.2 Å². The van der Waals surface area contributed by atoms with Gasteiger partial charge in [-0.2, -0.15) is 0 Å². The summed E-state index contributed by atoms with van der Waals surface area (Å²) in [5.74, 6) is -4.23. The van der Waals surface area contributed by atoms with E-state index in [1.807, 2.05) is 0 Å². The van der Waals surface area contributed by atoms with Crippen LogP contribution < -0.4 is 4.90 Å². The number of anilines is 1. The van der Waals surface area contributed by atoms with Crippen LogP contribution in [0.4, 0.5) is 5.69 Å². The minimum absolute atomic E-state index is 0.336. The number of hydrogen-bond donors (Lipinski definition) is 0. The van der Waals surface area contributed by atoms with E-state index in [-0.39, 0.29) is 0 Å². The molecule has 2 fully saturated rings. The monoisotopic (exact) mass is 405 g/mol. The van der Waals surface area contributed by atoms with Crippen molar-refractivity contribution >= 4 is 41.0 Å². The summed E-state index contributed by atoms with van der Waals surface area (Å²) in [5.41, 5.74) is -1.23. The predicted octanol–water partition coefficient (Wildman–Crippen LogP) is 1.61. The van der Waals surface area contributed by atoms with Crippen molar-refractivity contribution in [2.75, 3.05) is 4.90 Å². The lowest BCUT2D eigenvalue weighted by atomic mass is 9.76. The number of halogens is 1. The Morgan fingerprint density at radius 3 is 2.46 bits per heavy atom. The van der Waals surface area contributed by atoms with Gasteiger partial charge in [-0.25, -0.2) is 4.90 Å². The highest BCUT2D eigenvalue weighted by Gasteiger charge is 2.72. The lowest BCUT2D eigenvalue weighted by Crippen LogP contribution is -2.52. The maximum absolute atomic E-state index is 13.2. The third-order valence-electron chi connectivity index (χ3n) is 5.06. The van der Waals surface area contributed by atoms with Gasteiger partial charge in [0, 0.05) is 18.9 Å². The standard InChI is InChI=1S/C19H16ClNO7/c1-9(22)26-18(27-10(2)23)19-7-6-13(28-19)14-15(19)17(25)21(16(14)24)12-5-3-4-11(20)8-12/h3-8,13-15,18H,1-2H3/t13-,14-,15+,19+/m1/s1. The van der Waals surface area contributed by atoms with Gasteiger partial charge >= 0.3 is 11.9 Å². The molecular formula is C19H16ClNO7. The molecule has 146 valence electrons. The summed E-state index contributed by atoms with van der Waals surface area (Å²) in [5, 5.41) is 0.375. The number of hydrogen-bond acceptors (Lipinski definition) is 7. The third-order valence-corrected chi connectivity index (χ3v) is 5.29. The predicted molar refractivity (Wildman–Crippen MR) is 95.0 cm³/mol. The minimum atomic E-state index is -1.56. The van der Waals surface area contributed by atoms with Gasteiger partial charge in [0.1, 0.15) is 0 Å². The first-order valence-electron chi connectivity index (χ1n) is 8.59. The van der Waals surface area contributed by atoms with Crippen LogP contribution in [-0.2, 0) is 33.4 Å². The van der Waals surface area contributed by atoms with Crippen LogP contribution in [0.25, 0.3) is 0 Å². The Hall–Kier alpha value is -2.71. The van der Waals surface area contributed by atoms with Gasteiger partial charge in [-0.1, -0.05) is 23.7 Å². The van der Waals surface area contributed by atoms with Crippen LogP contribution in [0, 0.1) is 11.8 Å². The molecule has 0 radical (unpaired) electrons. The fraction of sp³-hybridized carbons (Fsp3) is 0.368. The second kappa shape index (κ2) is 6.42. The van der Waals surface area contributed by atoms with Crippen molar-refractivity contribution in [3.05, 3.63) is 41.4 Å². The van der Waals surface area contributed by atoms with Crippen LogP contribution in [0.1, 0.15) is 13.8 Å². The Morgan fingerprint density at radius 1 is 1.18 bits per heavy atom. The molecule has 2 saturated heterocycles. The van der Waals surface area contributed by atoms with Crippen molar-refractivity contribution in [2.45, 2.75) is 31.8 Å². The molecule has 4 rings (SSSR count). The van der Waals surface area contributed by atoms with Gasteiger partial charge in [0.2, 0.25) is 11.8 Å². The largest absolute Gasteiger partial charge is 0.422 e. The SMILES string of the molecule is CC(=O)OC(OC(C)=O)[C@@]12C=C[C@@H](O1)[C@H]1C(=O)N(c3cccc(Cl)c3)C(=O)[C@H]12. The number of imide groups is 1. The molecule has 2 amide bonds. The summed E-state index contributed by atoms with van der Waals surface area (Å²) in [7, 11) is 0. The molecule has 1 aromatic rings. The number of nitrogens with zero attached hydrogens (tertiary/aromatic N) is 1. The number of rotatable bonds is 4. The van der Waals surface area contributed by atoms with E-state index < -0.39 is 53.6 Å². The molecule has 8 nitrogen and oxygen atoms in total. The zero-order valence-corrected chi connectivity index (χ0v) is 15.7. The van der Waals surface area contributed by atoms with Gasteiger partial charge in [-0.15, -0.1) is 0 Å². The number of ether oxygens (including phenoxy) is 3. The Kier molecular flexibility index (Phi) is 4.28. The normalized spacial score (nSPS) is 30.1. The van der Waals surface area contributed by atoms with Gasteiger partial charge in [0.05, 0.1) is 23.6 Å². The molecule has 9 heteroatoms. The van der Waals surface area contributed by atoms with E-state index in [2.05, 4.69) is 0 Å². The smallest absolute Gasteiger partial charge is 0.305 e. The topological polar surface area (TPSA) is 99.2 Å². The number of fused-ring (bicyclic) bond motifs is 5. The number of amides is 2. The van der Waals surface area contributed by atoms with Gasteiger partial charge in [-0.05, 0) is 24.3 Å². The van der Waals surface area contributed by atoms with E-state index in [4.69, 9.17) is 25.8 Å². The minimum Gasteiger partial charge on any atom is -0.422 e. The van der Waals surface area contributed by atoms with Crippen molar-refractivity contribution in [1.29, 1.82) is 0 Å². The zero-order valence-electron chi connectivity index (χ0n) is 15.0. The lowest BCUT2D eigenvalue weighted by Gasteiger charge is -2.34. The van der Waals surface area contributed by atoms with Crippen LogP contribution in [0.3, 0.4) is 0 Å². The first-order valence-corrected chi connectivity index (χ1v) is 8.97. The zero-order chi connectivity index (χ0) is 20.2. The third kappa shape index (κ3) is 2.63. The first-order chi connectivity index (χ1) is 13.2. The van der Waals surface area contributed by atoms with Crippen LogP contribution in [0.15, 0.2) is 36.4 Å². The fourth-order valence-electron chi connectivity index (χ4n) is 4.09. The Morgan fingerprint density at radius 2 is 1.86 bits per heavy atom. The molecule has 0 spiro atoms. The second-order valence-electron chi connectivity index (χ2n) is 6.84. The van der Waals surface area contributed by atoms with Crippen LogP contribution in [-0.4, -0.2) is 41.7 Å². The fourth-order valence-corrected chi connectivity index (χ4v) is 4.27. The molecule has 4 atom stereocenters. The molecule has 3 heterocycles. The number of carbonyl (C=O) groups excluding carboxylic acids is 4. The summed E-state index contributed by atoms with van der Waals surface area (Å²) >= 11 is 6.00. The molecule has 3 aliphatic heterocycles. The molecule has 28 heavy (non-hydrogen) atoms. The number of esters is 2. The first kappa shape index (κ1) is 18.6. The summed E-state index contributed by atoms with van der Waals surface area (Å²) in [6.45, 7) is 2.30. The summed E-state index contributed by atoms with van der Waals surface area (Å²) in [6, 6.07) is 6.37. The van der Waals surface area contributed by atoms with E-state index in [1.165, 1.54) is 12.1 Å². The van der Waals surface area contributed by atoms with Gasteiger partial charge in [0.15, 0.2) is 5.60 Å². The van der Waals surface area contributed by atoms with Gasteiger partial charge < -0.3 is 14.2 Å². The van der Waals surface area contributed by atoms with E-state index in [1.54, 1.807) is 24.3 Å². The summed E-state index contributed by atoms with van der Waals surface area (Å²) in [6.07, 6.45) is 0.963. The van der Waals surface area contributed by atoms with Crippen molar-refractivity contribution in [3.63, 3.8) is 0 Å². The highest BCUT2D eigenvalue weighted by atomic mass is 35.5. The van der Waals surface area contributed by atoms with Crippen LogP contribution in [0.2, 0.25) is 5.02 Å². The average Bonchev–Trinajstić information content (AvgIpc) is 3.25. The van der Waals surface area contributed by atoms with Crippen LogP contribution >= 0.6 is 11.6 Å². The van der Waals surface area contributed by atoms with Gasteiger partial charge in [-0.3, -0.25) is 19.2 Å². The quantitative estimate of drug-likeness (QED) is 0.324. The molecule has 0 aromatic heterocycles. The highest BCUT2D eigenvalue weighted by molar-refractivity contribution is 6.31. The van der Waals surface area contributed by atoms with Crippen molar-refractivity contribution in [3.8, 4) is 0 Å². The Balaban J connectivity index is 1.75.